The number of aliphatic hydroxyl groups is 1. The molecule has 0 spiro atoms. The van der Waals surface area contributed by atoms with Crippen molar-refractivity contribution in [2.45, 2.75) is 32.1 Å². The number of aliphatic hydroxyl groups excluding tert-OH is 1. The van der Waals surface area contributed by atoms with Gasteiger partial charge in [-0.3, -0.25) is 10.1 Å². The van der Waals surface area contributed by atoms with Crippen molar-refractivity contribution in [2.24, 2.45) is 5.41 Å². The van der Waals surface area contributed by atoms with Crippen LogP contribution >= 0.6 is 0 Å². The summed E-state index contributed by atoms with van der Waals surface area (Å²) in [5.74, 6) is -0.514. The second-order valence-corrected chi connectivity index (χ2v) is 5.49. The molecule has 0 radical (unpaired) electrons. The molecule has 1 aromatic rings. The fourth-order valence-corrected chi connectivity index (χ4v) is 2.78. The maximum atomic E-state index is 13.2. The van der Waals surface area contributed by atoms with Crippen LogP contribution in [0.4, 0.5) is 15.8 Å². The molecule has 0 aliphatic heterocycles. The van der Waals surface area contributed by atoms with Gasteiger partial charge in [0.15, 0.2) is 0 Å². The van der Waals surface area contributed by atoms with Crippen LogP contribution in [0.15, 0.2) is 18.2 Å². The normalized spacial score (nSPS) is 17.7. The second kappa shape index (κ2) is 6.17. The molecule has 5 nitrogen and oxygen atoms in total. The van der Waals surface area contributed by atoms with Crippen LogP contribution in [-0.2, 0) is 0 Å². The van der Waals surface area contributed by atoms with Crippen molar-refractivity contribution in [3.8, 4) is 0 Å². The summed E-state index contributed by atoms with van der Waals surface area (Å²) in [6.07, 6.45) is 5.03. The van der Waals surface area contributed by atoms with Crippen molar-refractivity contribution in [3.05, 3.63) is 34.1 Å². The van der Waals surface area contributed by atoms with Gasteiger partial charge in [-0.05, 0) is 18.9 Å². The molecule has 1 aromatic carbocycles. The average Bonchev–Trinajstić information content (AvgIpc) is 2.46. The number of halogens is 1. The van der Waals surface area contributed by atoms with Crippen molar-refractivity contribution in [1.29, 1.82) is 0 Å². The van der Waals surface area contributed by atoms with Crippen molar-refractivity contribution < 1.29 is 14.4 Å². The Morgan fingerprint density at radius 2 is 2.05 bits per heavy atom. The highest BCUT2D eigenvalue weighted by atomic mass is 19.1. The van der Waals surface area contributed by atoms with Crippen molar-refractivity contribution in [1.82, 2.24) is 0 Å². The van der Waals surface area contributed by atoms with E-state index >= 15 is 0 Å². The molecule has 1 fully saturated rings. The van der Waals surface area contributed by atoms with Crippen LogP contribution in [-0.4, -0.2) is 23.2 Å². The molecule has 110 valence electrons. The molecular weight excluding hydrogens is 263 g/mol. The lowest BCUT2D eigenvalue weighted by molar-refractivity contribution is -0.384. The smallest absolute Gasteiger partial charge is 0.292 e. The van der Waals surface area contributed by atoms with Gasteiger partial charge in [0.2, 0.25) is 0 Å². The highest BCUT2D eigenvalue weighted by molar-refractivity contribution is 5.61. The summed E-state index contributed by atoms with van der Waals surface area (Å²) in [6, 6.07) is 3.36. The Labute approximate surface area is 117 Å². The molecule has 0 heterocycles. The van der Waals surface area contributed by atoms with Gasteiger partial charge >= 0.3 is 0 Å². The van der Waals surface area contributed by atoms with Crippen LogP contribution in [0.3, 0.4) is 0 Å². The van der Waals surface area contributed by atoms with Crippen molar-refractivity contribution >= 4 is 11.4 Å². The van der Waals surface area contributed by atoms with Crippen LogP contribution in [0.1, 0.15) is 32.1 Å². The number of nitrogens with one attached hydrogen (secondary N) is 1. The fourth-order valence-electron chi connectivity index (χ4n) is 2.78. The summed E-state index contributed by atoms with van der Waals surface area (Å²) in [5.41, 5.74) is -0.220. The summed E-state index contributed by atoms with van der Waals surface area (Å²) >= 11 is 0. The van der Waals surface area contributed by atoms with Crippen LogP contribution in [0, 0.1) is 21.3 Å². The van der Waals surface area contributed by atoms with E-state index in [9.17, 15) is 19.6 Å². The number of benzene rings is 1. The monoisotopic (exact) mass is 282 g/mol. The highest BCUT2D eigenvalue weighted by Gasteiger charge is 2.31. The van der Waals surface area contributed by atoms with Gasteiger partial charge in [-0.25, -0.2) is 4.39 Å². The van der Waals surface area contributed by atoms with E-state index in [2.05, 4.69) is 5.32 Å². The van der Waals surface area contributed by atoms with E-state index in [0.717, 1.165) is 50.3 Å². The third-order valence-corrected chi connectivity index (χ3v) is 4.06. The minimum atomic E-state index is -0.533. The zero-order valence-corrected chi connectivity index (χ0v) is 11.3. The highest BCUT2D eigenvalue weighted by Crippen LogP contribution is 2.37. The molecule has 20 heavy (non-hydrogen) atoms. The zero-order valence-electron chi connectivity index (χ0n) is 11.3. The molecule has 6 heteroatoms. The summed E-state index contributed by atoms with van der Waals surface area (Å²) in [7, 11) is 0. The standard InChI is InChI=1S/C14H19FN2O3/c15-11-4-5-13(17(19)20)12(8-11)16-9-14(10-18)6-2-1-3-7-14/h4-5,8,16,18H,1-3,6-7,9-10H2. The number of anilines is 1. The number of nitro benzene ring substituents is 1. The van der Waals surface area contributed by atoms with Crippen molar-refractivity contribution in [2.75, 3.05) is 18.5 Å². The number of nitrogens with zero attached hydrogens (tertiary/aromatic N) is 1. The van der Waals surface area contributed by atoms with E-state index in [-0.39, 0.29) is 23.4 Å². The Morgan fingerprint density at radius 1 is 1.35 bits per heavy atom. The van der Waals surface area contributed by atoms with E-state index in [1.165, 1.54) is 0 Å². The van der Waals surface area contributed by atoms with Crippen LogP contribution < -0.4 is 5.32 Å². The molecule has 0 aromatic heterocycles. The van der Waals surface area contributed by atoms with Gasteiger partial charge in [-0.1, -0.05) is 19.3 Å². The molecule has 2 rings (SSSR count). The summed E-state index contributed by atoms with van der Waals surface area (Å²) < 4.78 is 13.2. The largest absolute Gasteiger partial charge is 0.396 e. The van der Waals surface area contributed by atoms with E-state index < -0.39 is 10.7 Å². The van der Waals surface area contributed by atoms with Gasteiger partial charge in [0.1, 0.15) is 11.5 Å². The lowest BCUT2D eigenvalue weighted by Gasteiger charge is -2.35. The van der Waals surface area contributed by atoms with Gasteiger partial charge in [-0.2, -0.15) is 0 Å². The number of rotatable bonds is 5. The Morgan fingerprint density at radius 3 is 2.65 bits per heavy atom. The first-order valence-electron chi connectivity index (χ1n) is 6.85. The second-order valence-electron chi connectivity index (χ2n) is 5.49. The predicted octanol–water partition coefficient (Wildman–Crippen LogP) is 3.09. The lowest BCUT2D eigenvalue weighted by Crippen LogP contribution is -2.35. The van der Waals surface area contributed by atoms with Gasteiger partial charge in [0, 0.05) is 24.1 Å². The Hall–Kier alpha value is -1.69. The van der Waals surface area contributed by atoms with Crippen LogP contribution in [0.2, 0.25) is 0 Å². The molecule has 0 amide bonds. The first-order valence-corrected chi connectivity index (χ1v) is 6.85. The first-order chi connectivity index (χ1) is 9.56. The van der Waals surface area contributed by atoms with E-state index in [0.29, 0.717) is 6.54 Å². The Kier molecular flexibility index (Phi) is 4.54. The van der Waals surface area contributed by atoms with Gasteiger partial charge < -0.3 is 10.4 Å². The maximum Gasteiger partial charge on any atom is 0.292 e. The van der Waals surface area contributed by atoms with Gasteiger partial charge in [-0.15, -0.1) is 0 Å². The quantitative estimate of drug-likeness (QED) is 0.642. The lowest BCUT2D eigenvalue weighted by atomic mass is 9.74. The maximum absolute atomic E-state index is 13.2. The molecule has 1 aliphatic rings. The number of hydrogen-bond donors (Lipinski definition) is 2. The van der Waals surface area contributed by atoms with E-state index in [1.807, 2.05) is 0 Å². The fraction of sp³-hybridized carbons (Fsp3) is 0.571. The summed E-state index contributed by atoms with van der Waals surface area (Å²) in [6.45, 7) is 0.469. The topological polar surface area (TPSA) is 75.4 Å². The van der Waals surface area contributed by atoms with E-state index in [1.54, 1.807) is 0 Å². The minimum absolute atomic E-state index is 0.0448. The summed E-state index contributed by atoms with van der Waals surface area (Å²) in [5, 5.41) is 23.5. The number of hydrogen-bond acceptors (Lipinski definition) is 4. The van der Waals surface area contributed by atoms with Crippen LogP contribution in [0.25, 0.3) is 0 Å². The predicted molar refractivity (Wildman–Crippen MR) is 74.1 cm³/mol. The van der Waals surface area contributed by atoms with Crippen molar-refractivity contribution in [3.63, 3.8) is 0 Å². The van der Waals surface area contributed by atoms with Gasteiger partial charge in [0.05, 0.1) is 11.5 Å². The first kappa shape index (κ1) is 14.7. The molecule has 1 saturated carbocycles. The molecule has 0 saturated heterocycles. The van der Waals surface area contributed by atoms with Gasteiger partial charge in [0.25, 0.3) is 5.69 Å². The summed E-state index contributed by atoms with van der Waals surface area (Å²) in [4.78, 5) is 10.4. The van der Waals surface area contributed by atoms with E-state index in [4.69, 9.17) is 0 Å². The molecular formula is C14H19FN2O3. The zero-order chi connectivity index (χ0) is 14.6. The Balaban J connectivity index is 2.13. The molecule has 1 aliphatic carbocycles. The third kappa shape index (κ3) is 3.25. The number of nitro groups is 1. The Bertz CT molecular complexity index is 487. The molecule has 0 bridgehead atoms. The third-order valence-electron chi connectivity index (χ3n) is 4.06. The SMILES string of the molecule is O=[N+]([O-])c1ccc(F)cc1NCC1(CO)CCCCC1. The molecule has 0 atom stereocenters. The minimum Gasteiger partial charge on any atom is -0.396 e. The van der Waals surface area contributed by atoms with Crippen LogP contribution in [0.5, 0.6) is 0 Å². The molecule has 0 unspecified atom stereocenters. The average molecular weight is 282 g/mol. The molecule has 2 N–H and O–H groups in total.